The average Bonchev–Trinajstić information content (AvgIpc) is 2.42. The molecule has 4 heteroatoms. The third-order valence-corrected chi connectivity index (χ3v) is 3.69. The van der Waals surface area contributed by atoms with E-state index in [1.807, 2.05) is 6.08 Å². The van der Waals surface area contributed by atoms with Crippen molar-refractivity contribution in [2.24, 2.45) is 5.92 Å². The quantitative estimate of drug-likeness (QED) is 0.697. The van der Waals surface area contributed by atoms with Crippen LogP contribution in [-0.4, -0.2) is 21.8 Å². The van der Waals surface area contributed by atoms with Gasteiger partial charge < -0.3 is 10.2 Å². The van der Waals surface area contributed by atoms with Gasteiger partial charge in [0.25, 0.3) is 0 Å². The molecule has 3 aliphatic rings. The van der Waals surface area contributed by atoms with Gasteiger partial charge >= 0.3 is 0 Å². The highest BCUT2D eigenvalue weighted by molar-refractivity contribution is 6.07. The van der Waals surface area contributed by atoms with Gasteiger partial charge in [-0.15, -0.1) is 0 Å². The SMILES string of the molecule is CC1=C(O)C(=O)C2C=C3C(=O)CC=CC3=CC2=C1O. The molecule has 2 N–H and O–H groups in total. The van der Waals surface area contributed by atoms with E-state index in [0.717, 1.165) is 0 Å². The van der Waals surface area contributed by atoms with Crippen molar-refractivity contribution in [1.82, 2.24) is 0 Å². The Morgan fingerprint density at radius 1 is 1.21 bits per heavy atom. The van der Waals surface area contributed by atoms with Crippen molar-refractivity contribution in [3.05, 3.63) is 58.1 Å². The molecule has 0 radical (unpaired) electrons. The van der Waals surface area contributed by atoms with Crippen LogP contribution in [0, 0.1) is 5.92 Å². The second kappa shape index (κ2) is 3.82. The van der Waals surface area contributed by atoms with Crippen LogP contribution in [0.2, 0.25) is 0 Å². The maximum atomic E-state index is 12.0. The van der Waals surface area contributed by atoms with E-state index >= 15 is 0 Å². The number of hydrogen-bond donors (Lipinski definition) is 2. The van der Waals surface area contributed by atoms with Gasteiger partial charge in [-0.2, -0.15) is 0 Å². The van der Waals surface area contributed by atoms with Gasteiger partial charge in [0.15, 0.2) is 11.5 Å². The Labute approximate surface area is 109 Å². The summed E-state index contributed by atoms with van der Waals surface area (Å²) in [5.41, 5.74) is 1.82. The summed E-state index contributed by atoms with van der Waals surface area (Å²) >= 11 is 0. The second-order valence-corrected chi connectivity index (χ2v) is 4.83. The summed E-state index contributed by atoms with van der Waals surface area (Å²) in [6.07, 6.45) is 7.07. The van der Waals surface area contributed by atoms with Crippen LogP contribution in [0.4, 0.5) is 0 Å². The first kappa shape index (κ1) is 11.7. The van der Waals surface area contributed by atoms with E-state index in [1.165, 1.54) is 13.0 Å². The summed E-state index contributed by atoms with van der Waals surface area (Å²) in [5.74, 6) is -1.81. The van der Waals surface area contributed by atoms with Gasteiger partial charge in [0, 0.05) is 23.1 Å². The maximum Gasteiger partial charge on any atom is 0.208 e. The van der Waals surface area contributed by atoms with E-state index in [4.69, 9.17) is 0 Å². The summed E-state index contributed by atoms with van der Waals surface area (Å²) in [5, 5.41) is 19.7. The smallest absolute Gasteiger partial charge is 0.208 e. The Bertz CT molecular complexity index is 668. The number of carbonyl (C=O) groups is 2. The summed E-state index contributed by atoms with van der Waals surface area (Å²) in [7, 11) is 0. The van der Waals surface area contributed by atoms with Crippen LogP contribution in [0.25, 0.3) is 0 Å². The molecule has 96 valence electrons. The van der Waals surface area contributed by atoms with E-state index in [2.05, 4.69) is 0 Å². The van der Waals surface area contributed by atoms with E-state index in [9.17, 15) is 19.8 Å². The lowest BCUT2D eigenvalue weighted by atomic mass is 9.76. The first-order valence-corrected chi connectivity index (χ1v) is 6.02. The topological polar surface area (TPSA) is 74.6 Å². The van der Waals surface area contributed by atoms with Crippen LogP contribution in [-0.2, 0) is 9.59 Å². The van der Waals surface area contributed by atoms with Crippen LogP contribution in [0.1, 0.15) is 13.3 Å². The number of ketones is 2. The molecule has 3 rings (SSSR count). The number of Topliss-reactive ketones (excluding diaryl/α,β-unsaturated/α-hetero) is 2. The van der Waals surface area contributed by atoms with Gasteiger partial charge in [0.2, 0.25) is 5.78 Å². The second-order valence-electron chi connectivity index (χ2n) is 4.83. The van der Waals surface area contributed by atoms with E-state index in [-0.39, 0.29) is 17.1 Å². The van der Waals surface area contributed by atoms with Crippen LogP contribution in [0.3, 0.4) is 0 Å². The van der Waals surface area contributed by atoms with E-state index < -0.39 is 17.5 Å². The highest BCUT2D eigenvalue weighted by atomic mass is 16.3. The first-order valence-electron chi connectivity index (χ1n) is 6.02. The molecule has 1 atom stereocenters. The molecule has 0 spiro atoms. The van der Waals surface area contributed by atoms with Crippen molar-refractivity contribution in [2.75, 3.05) is 0 Å². The third kappa shape index (κ3) is 1.53. The number of aliphatic hydroxyl groups excluding tert-OH is 2. The zero-order chi connectivity index (χ0) is 13.7. The van der Waals surface area contributed by atoms with Gasteiger partial charge in [-0.3, -0.25) is 9.59 Å². The molecular weight excluding hydrogens is 244 g/mol. The monoisotopic (exact) mass is 256 g/mol. The molecule has 0 amide bonds. The molecule has 0 bridgehead atoms. The van der Waals surface area contributed by atoms with Crippen LogP contribution >= 0.6 is 0 Å². The molecule has 0 aliphatic heterocycles. The normalized spacial score (nSPS) is 26.1. The molecule has 1 unspecified atom stereocenters. The molecule has 0 fully saturated rings. The number of fused-ring (bicyclic) bond motifs is 2. The Morgan fingerprint density at radius 3 is 2.68 bits per heavy atom. The molecule has 3 aliphatic carbocycles. The number of allylic oxidation sites excluding steroid dienone is 9. The maximum absolute atomic E-state index is 12.0. The molecule has 19 heavy (non-hydrogen) atoms. The van der Waals surface area contributed by atoms with Gasteiger partial charge in [-0.1, -0.05) is 18.2 Å². The predicted molar refractivity (Wildman–Crippen MR) is 68.4 cm³/mol. The number of rotatable bonds is 0. The third-order valence-electron chi connectivity index (χ3n) is 3.69. The minimum atomic E-state index is -0.766. The molecule has 0 aromatic rings. The number of carbonyl (C=O) groups excluding carboxylic acids is 2. The lowest BCUT2D eigenvalue weighted by molar-refractivity contribution is -0.119. The molecule has 4 nitrogen and oxygen atoms in total. The fourth-order valence-electron chi connectivity index (χ4n) is 2.58. The van der Waals surface area contributed by atoms with Crippen LogP contribution in [0.15, 0.2) is 58.1 Å². The number of hydrogen-bond acceptors (Lipinski definition) is 4. The zero-order valence-corrected chi connectivity index (χ0v) is 10.3. The summed E-state index contributed by atoms with van der Waals surface area (Å²) < 4.78 is 0. The van der Waals surface area contributed by atoms with Gasteiger partial charge in [-0.05, 0) is 18.6 Å². The van der Waals surface area contributed by atoms with Crippen molar-refractivity contribution in [1.29, 1.82) is 0 Å². The number of aliphatic hydroxyl groups is 2. The first-order chi connectivity index (χ1) is 9.00. The minimum Gasteiger partial charge on any atom is -0.507 e. The molecular formula is C15H12O4. The van der Waals surface area contributed by atoms with Crippen molar-refractivity contribution in [3.63, 3.8) is 0 Å². The Hall–Kier alpha value is -2.36. The molecule has 0 aromatic heterocycles. The molecule has 0 saturated heterocycles. The Morgan fingerprint density at radius 2 is 1.95 bits per heavy atom. The highest BCUT2D eigenvalue weighted by Gasteiger charge is 2.36. The summed E-state index contributed by atoms with van der Waals surface area (Å²) in [4.78, 5) is 23.9. The summed E-state index contributed by atoms with van der Waals surface area (Å²) in [6, 6.07) is 0. The van der Waals surface area contributed by atoms with E-state index in [0.29, 0.717) is 23.1 Å². The zero-order valence-electron chi connectivity index (χ0n) is 10.3. The fraction of sp³-hybridized carbons (Fsp3) is 0.200. The van der Waals surface area contributed by atoms with Gasteiger partial charge in [0.1, 0.15) is 5.76 Å². The van der Waals surface area contributed by atoms with Gasteiger partial charge in [-0.25, -0.2) is 0 Å². The van der Waals surface area contributed by atoms with Crippen molar-refractivity contribution in [3.8, 4) is 0 Å². The molecule has 0 heterocycles. The Balaban J connectivity index is 2.22. The largest absolute Gasteiger partial charge is 0.507 e. The fourth-order valence-corrected chi connectivity index (χ4v) is 2.58. The molecule has 0 aromatic carbocycles. The average molecular weight is 256 g/mol. The van der Waals surface area contributed by atoms with Crippen molar-refractivity contribution >= 4 is 11.6 Å². The molecule has 0 saturated carbocycles. The van der Waals surface area contributed by atoms with Gasteiger partial charge in [0.05, 0.1) is 5.92 Å². The lowest BCUT2D eigenvalue weighted by Gasteiger charge is -2.27. The highest BCUT2D eigenvalue weighted by Crippen LogP contribution is 2.38. The standard InChI is InChI=1S/C15H12O4/c1-7-13(17)10-5-8-3-2-4-12(16)9(8)6-11(10)15(19)14(7)18/h2-3,5-6,11,17-18H,4H2,1H3. The summed E-state index contributed by atoms with van der Waals surface area (Å²) in [6.45, 7) is 1.49. The van der Waals surface area contributed by atoms with Crippen LogP contribution in [0.5, 0.6) is 0 Å². The van der Waals surface area contributed by atoms with Crippen LogP contribution < -0.4 is 0 Å². The van der Waals surface area contributed by atoms with Crippen molar-refractivity contribution in [2.45, 2.75) is 13.3 Å². The predicted octanol–water partition coefficient (Wildman–Crippen LogP) is 2.22. The Kier molecular flexibility index (Phi) is 2.35. The minimum absolute atomic E-state index is 0.0501. The van der Waals surface area contributed by atoms with E-state index in [1.54, 1.807) is 12.2 Å². The lowest BCUT2D eigenvalue weighted by Crippen LogP contribution is -2.27. The van der Waals surface area contributed by atoms with Crippen molar-refractivity contribution < 1.29 is 19.8 Å².